The standard InChI is InChI=1S/C19H24N2O4/c1-2-5-17(18(23)20-12-22)21-11-13-10-15(8-9-16(13)19(21)24)25-14-6-3-4-7-14/h8-10,12,14,17H,2-7,11H2,1H3,(H,20,22,23). The van der Waals surface area contributed by atoms with Crippen LogP contribution in [-0.4, -0.2) is 35.3 Å². The summed E-state index contributed by atoms with van der Waals surface area (Å²) >= 11 is 0. The van der Waals surface area contributed by atoms with Crippen LogP contribution in [0.1, 0.15) is 61.4 Å². The number of rotatable bonds is 7. The van der Waals surface area contributed by atoms with Crippen molar-refractivity contribution in [2.75, 3.05) is 0 Å². The highest BCUT2D eigenvalue weighted by atomic mass is 16.5. The number of hydrogen-bond acceptors (Lipinski definition) is 4. The lowest BCUT2D eigenvalue weighted by Crippen LogP contribution is -2.46. The number of fused-ring (bicyclic) bond motifs is 1. The molecule has 1 unspecified atom stereocenters. The first-order valence-corrected chi connectivity index (χ1v) is 8.98. The van der Waals surface area contributed by atoms with E-state index in [1.165, 1.54) is 12.8 Å². The minimum absolute atomic E-state index is 0.165. The molecule has 25 heavy (non-hydrogen) atoms. The Bertz CT molecular complexity index is 667. The van der Waals surface area contributed by atoms with Gasteiger partial charge in [-0.05, 0) is 55.9 Å². The molecule has 1 aromatic carbocycles. The zero-order valence-corrected chi connectivity index (χ0v) is 14.5. The minimum Gasteiger partial charge on any atom is -0.490 e. The van der Waals surface area contributed by atoms with Crippen molar-refractivity contribution in [3.63, 3.8) is 0 Å². The molecule has 1 aromatic rings. The Morgan fingerprint density at radius 1 is 1.40 bits per heavy atom. The Kier molecular flexibility index (Phi) is 5.36. The summed E-state index contributed by atoms with van der Waals surface area (Å²) in [4.78, 5) is 37.0. The summed E-state index contributed by atoms with van der Waals surface area (Å²) in [6.45, 7) is 2.31. The average molecular weight is 344 g/mol. The van der Waals surface area contributed by atoms with Crippen LogP contribution in [0, 0.1) is 0 Å². The molecule has 1 N–H and O–H groups in total. The third-order valence-electron chi connectivity index (χ3n) is 4.96. The fourth-order valence-corrected chi connectivity index (χ4v) is 3.70. The molecule has 0 spiro atoms. The Hall–Kier alpha value is -2.37. The van der Waals surface area contributed by atoms with Crippen LogP contribution < -0.4 is 10.1 Å². The molecule has 1 heterocycles. The zero-order valence-electron chi connectivity index (χ0n) is 14.5. The van der Waals surface area contributed by atoms with E-state index in [-0.39, 0.29) is 12.0 Å². The molecule has 134 valence electrons. The third kappa shape index (κ3) is 3.67. The van der Waals surface area contributed by atoms with Crippen molar-refractivity contribution in [1.82, 2.24) is 10.2 Å². The van der Waals surface area contributed by atoms with Crippen LogP contribution in [0.2, 0.25) is 0 Å². The molecule has 0 radical (unpaired) electrons. The van der Waals surface area contributed by atoms with Gasteiger partial charge in [-0.3, -0.25) is 19.7 Å². The first kappa shape index (κ1) is 17.5. The SMILES string of the molecule is CCCC(C(=O)NC=O)N1Cc2cc(OC3CCCC3)ccc2C1=O. The molecule has 0 bridgehead atoms. The maximum absolute atomic E-state index is 12.7. The number of ether oxygens (including phenoxy) is 1. The van der Waals surface area contributed by atoms with Gasteiger partial charge in [0.25, 0.3) is 5.91 Å². The van der Waals surface area contributed by atoms with Crippen molar-refractivity contribution >= 4 is 18.2 Å². The number of carbonyl (C=O) groups excluding carboxylic acids is 3. The van der Waals surface area contributed by atoms with Gasteiger partial charge in [0.2, 0.25) is 12.3 Å². The maximum Gasteiger partial charge on any atom is 0.255 e. The molecule has 1 atom stereocenters. The van der Waals surface area contributed by atoms with Gasteiger partial charge in [-0.1, -0.05) is 13.3 Å². The van der Waals surface area contributed by atoms with Crippen LogP contribution in [0.5, 0.6) is 5.75 Å². The molecule has 3 rings (SSSR count). The van der Waals surface area contributed by atoms with Gasteiger partial charge in [0, 0.05) is 12.1 Å². The number of nitrogens with zero attached hydrogens (tertiary/aromatic N) is 1. The van der Waals surface area contributed by atoms with Gasteiger partial charge < -0.3 is 9.64 Å². The molecule has 1 aliphatic carbocycles. The second kappa shape index (κ2) is 7.68. The first-order chi connectivity index (χ1) is 12.1. The topological polar surface area (TPSA) is 75.7 Å². The van der Waals surface area contributed by atoms with Crippen LogP contribution in [0.15, 0.2) is 18.2 Å². The first-order valence-electron chi connectivity index (χ1n) is 8.98. The summed E-state index contributed by atoms with van der Waals surface area (Å²) < 4.78 is 6.01. The van der Waals surface area contributed by atoms with Gasteiger partial charge in [0.1, 0.15) is 11.8 Å². The summed E-state index contributed by atoms with van der Waals surface area (Å²) in [6, 6.07) is 4.89. The van der Waals surface area contributed by atoms with Crippen molar-refractivity contribution in [2.24, 2.45) is 0 Å². The highest BCUT2D eigenvalue weighted by molar-refractivity contribution is 6.02. The van der Waals surface area contributed by atoms with Gasteiger partial charge in [0.05, 0.1) is 6.10 Å². The summed E-state index contributed by atoms with van der Waals surface area (Å²) in [5.41, 5.74) is 1.49. The maximum atomic E-state index is 12.7. The Labute approximate surface area is 147 Å². The van der Waals surface area contributed by atoms with E-state index in [0.717, 1.165) is 30.6 Å². The van der Waals surface area contributed by atoms with E-state index in [1.807, 2.05) is 19.1 Å². The van der Waals surface area contributed by atoms with Crippen molar-refractivity contribution in [2.45, 2.75) is 64.1 Å². The average Bonchev–Trinajstić information content (AvgIpc) is 3.21. The monoisotopic (exact) mass is 344 g/mol. The zero-order chi connectivity index (χ0) is 17.8. The van der Waals surface area contributed by atoms with E-state index in [4.69, 9.17) is 4.74 Å². The molecule has 1 fully saturated rings. The summed E-state index contributed by atoms with van der Waals surface area (Å²) in [7, 11) is 0. The van der Waals surface area contributed by atoms with Gasteiger partial charge in [0.15, 0.2) is 0 Å². The second-order valence-electron chi connectivity index (χ2n) is 6.71. The quantitative estimate of drug-likeness (QED) is 0.771. The lowest BCUT2D eigenvalue weighted by Gasteiger charge is -2.25. The number of hydrogen-bond donors (Lipinski definition) is 1. The van der Waals surface area contributed by atoms with Crippen LogP contribution in [0.3, 0.4) is 0 Å². The van der Waals surface area contributed by atoms with E-state index < -0.39 is 11.9 Å². The lowest BCUT2D eigenvalue weighted by molar-refractivity contribution is -0.129. The Balaban J connectivity index is 1.76. The number of amides is 3. The summed E-state index contributed by atoms with van der Waals surface area (Å²) in [6.07, 6.45) is 6.44. The van der Waals surface area contributed by atoms with E-state index in [0.29, 0.717) is 24.9 Å². The van der Waals surface area contributed by atoms with Crippen molar-refractivity contribution in [1.29, 1.82) is 0 Å². The molecule has 0 saturated heterocycles. The molecule has 1 aliphatic heterocycles. The van der Waals surface area contributed by atoms with Crippen LogP contribution in [-0.2, 0) is 16.1 Å². The van der Waals surface area contributed by atoms with Crippen LogP contribution >= 0.6 is 0 Å². The largest absolute Gasteiger partial charge is 0.490 e. The van der Waals surface area contributed by atoms with E-state index in [9.17, 15) is 14.4 Å². The molecular formula is C19H24N2O4. The molecule has 0 aromatic heterocycles. The van der Waals surface area contributed by atoms with Crippen molar-refractivity contribution < 1.29 is 19.1 Å². The van der Waals surface area contributed by atoms with Gasteiger partial charge in [-0.25, -0.2) is 0 Å². The lowest BCUT2D eigenvalue weighted by atomic mass is 10.1. The summed E-state index contributed by atoms with van der Waals surface area (Å²) in [5, 5.41) is 2.18. The van der Waals surface area contributed by atoms with E-state index in [1.54, 1.807) is 11.0 Å². The fourth-order valence-electron chi connectivity index (χ4n) is 3.70. The Morgan fingerprint density at radius 3 is 2.84 bits per heavy atom. The predicted molar refractivity (Wildman–Crippen MR) is 92.1 cm³/mol. The molecule has 6 nitrogen and oxygen atoms in total. The number of carbonyl (C=O) groups is 3. The second-order valence-corrected chi connectivity index (χ2v) is 6.71. The van der Waals surface area contributed by atoms with Gasteiger partial charge >= 0.3 is 0 Å². The van der Waals surface area contributed by atoms with Gasteiger partial charge in [-0.2, -0.15) is 0 Å². The normalized spacial score (nSPS) is 18.1. The fraction of sp³-hybridized carbons (Fsp3) is 0.526. The summed E-state index contributed by atoms with van der Waals surface area (Å²) in [5.74, 6) is 0.187. The van der Waals surface area contributed by atoms with Gasteiger partial charge in [-0.15, -0.1) is 0 Å². The molecule has 6 heteroatoms. The van der Waals surface area contributed by atoms with Crippen LogP contribution in [0.4, 0.5) is 0 Å². The highest BCUT2D eigenvalue weighted by Crippen LogP contribution is 2.31. The van der Waals surface area contributed by atoms with Crippen molar-refractivity contribution in [3.8, 4) is 5.75 Å². The van der Waals surface area contributed by atoms with E-state index in [2.05, 4.69) is 5.32 Å². The molecule has 1 saturated carbocycles. The number of imide groups is 1. The predicted octanol–water partition coefficient (Wildman–Crippen LogP) is 2.41. The van der Waals surface area contributed by atoms with Crippen molar-refractivity contribution in [3.05, 3.63) is 29.3 Å². The number of nitrogens with one attached hydrogen (secondary N) is 1. The smallest absolute Gasteiger partial charge is 0.255 e. The number of benzene rings is 1. The molecule has 2 aliphatic rings. The minimum atomic E-state index is -0.630. The third-order valence-corrected chi connectivity index (χ3v) is 4.96. The van der Waals surface area contributed by atoms with E-state index >= 15 is 0 Å². The molecular weight excluding hydrogens is 320 g/mol. The van der Waals surface area contributed by atoms with Crippen LogP contribution in [0.25, 0.3) is 0 Å². The molecule has 3 amide bonds. The Morgan fingerprint density at radius 2 is 2.16 bits per heavy atom. The highest BCUT2D eigenvalue weighted by Gasteiger charge is 2.36.